The quantitative estimate of drug-likeness (QED) is 0.895. The van der Waals surface area contributed by atoms with Crippen molar-refractivity contribution in [3.8, 4) is 5.75 Å². The minimum Gasteiger partial charge on any atom is -0.497 e. The molecule has 0 unspecified atom stereocenters. The van der Waals surface area contributed by atoms with E-state index in [4.69, 9.17) is 10.5 Å². The highest BCUT2D eigenvalue weighted by molar-refractivity contribution is 5.80. The van der Waals surface area contributed by atoms with Gasteiger partial charge in [0.25, 0.3) is 0 Å². The second-order valence-corrected chi connectivity index (χ2v) is 4.95. The first-order valence-corrected chi connectivity index (χ1v) is 6.94. The van der Waals surface area contributed by atoms with E-state index in [0.29, 0.717) is 5.95 Å². The molecule has 2 rings (SSSR count). The number of imidazole rings is 1. The molecule has 2 N–H and O–H groups in total. The molecule has 4 heteroatoms. The van der Waals surface area contributed by atoms with Crippen molar-refractivity contribution in [2.24, 2.45) is 0 Å². The Kier molecular flexibility index (Phi) is 3.69. The van der Waals surface area contributed by atoms with E-state index in [0.717, 1.165) is 36.0 Å². The van der Waals surface area contributed by atoms with E-state index in [1.165, 1.54) is 0 Å². The first kappa shape index (κ1) is 13.7. The average Bonchev–Trinajstić information content (AvgIpc) is 2.78. The van der Waals surface area contributed by atoms with Crippen molar-refractivity contribution in [3.63, 3.8) is 0 Å². The van der Waals surface area contributed by atoms with Crippen molar-refractivity contribution in [2.75, 3.05) is 12.8 Å². The Morgan fingerprint density at radius 1 is 1.21 bits per heavy atom. The van der Waals surface area contributed by atoms with Crippen LogP contribution in [-0.2, 0) is 5.54 Å². The van der Waals surface area contributed by atoms with Gasteiger partial charge < -0.3 is 15.0 Å². The molecule has 0 aliphatic rings. The summed E-state index contributed by atoms with van der Waals surface area (Å²) in [5.74, 6) is 1.43. The standard InChI is InChI=1S/C15H23N3O/c1-5-15(6-2,7-3)18-13-10-11(19-4)8-9-12(13)17-14(18)16/h8-10H,5-7H2,1-4H3,(H2,16,17). The molecule has 19 heavy (non-hydrogen) atoms. The lowest BCUT2D eigenvalue weighted by molar-refractivity contribution is 0.262. The third kappa shape index (κ3) is 2.05. The predicted molar refractivity (Wildman–Crippen MR) is 79.5 cm³/mol. The van der Waals surface area contributed by atoms with Crippen molar-refractivity contribution in [2.45, 2.75) is 45.6 Å². The highest BCUT2D eigenvalue weighted by atomic mass is 16.5. The Morgan fingerprint density at radius 3 is 2.37 bits per heavy atom. The molecule has 1 aromatic carbocycles. The number of hydrogen-bond donors (Lipinski definition) is 1. The third-order valence-corrected chi connectivity index (χ3v) is 4.34. The monoisotopic (exact) mass is 261 g/mol. The van der Waals surface area contributed by atoms with Crippen molar-refractivity contribution in [1.82, 2.24) is 9.55 Å². The van der Waals surface area contributed by atoms with Crippen molar-refractivity contribution in [1.29, 1.82) is 0 Å². The van der Waals surface area contributed by atoms with Crippen molar-refractivity contribution >= 4 is 17.0 Å². The molecule has 0 bridgehead atoms. The lowest BCUT2D eigenvalue weighted by atomic mass is 9.89. The Labute approximate surface area is 114 Å². The second kappa shape index (κ2) is 5.11. The summed E-state index contributed by atoms with van der Waals surface area (Å²) in [5, 5.41) is 0. The van der Waals surface area contributed by atoms with E-state index in [1.807, 2.05) is 18.2 Å². The second-order valence-electron chi connectivity index (χ2n) is 4.95. The first-order chi connectivity index (χ1) is 9.11. The van der Waals surface area contributed by atoms with Crippen molar-refractivity contribution < 1.29 is 4.74 Å². The van der Waals surface area contributed by atoms with Crippen LogP contribution in [0.2, 0.25) is 0 Å². The highest BCUT2D eigenvalue weighted by Crippen LogP contribution is 2.36. The summed E-state index contributed by atoms with van der Waals surface area (Å²) in [4.78, 5) is 4.48. The molecule has 1 aromatic heterocycles. The number of methoxy groups -OCH3 is 1. The fourth-order valence-electron chi connectivity index (χ4n) is 2.92. The molecule has 0 aliphatic carbocycles. The van der Waals surface area contributed by atoms with Gasteiger partial charge in [-0.05, 0) is 31.4 Å². The third-order valence-electron chi connectivity index (χ3n) is 4.34. The molecule has 104 valence electrons. The SMILES string of the molecule is CCC(CC)(CC)n1c(N)nc2ccc(OC)cc21. The van der Waals surface area contributed by atoms with Gasteiger partial charge >= 0.3 is 0 Å². The number of ether oxygens (including phenoxy) is 1. The zero-order valence-electron chi connectivity index (χ0n) is 12.2. The van der Waals surface area contributed by atoms with Crippen molar-refractivity contribution in [3.05, 3.63) is 18.2 Å². The van der Waals surface area contributed by atoms with Crippen LogP contribution >= 0.6 is 0 Å². The fraction of sp³-hybridized carbons (Fsp3) is 0.533. The number of anilines is 1. The molecule has 0 spiro atoms. The summed E-state index contributed by atoms with van der Waals surface area (Å²) in [7, 11) is 1.68. The molecule has 0 atom stereocenters. The van der Waals surface area contributed by atoms with E-state index in [9.17, 15) is 0 Å². The fourth-order valence-corrected chi connectivity index (χ4v) is 2.92. The van der Waals surface area contributed by atoms with Crippen LogP contribution in [0.25, 0.3) is 11.0 Å². The number of fused-ring (bicyclic) bond motifs is 1. The molecule has 4 nitrogen and oxygen atoms in total. The minimum atomic E-state index is 0.0329. The van der Waals surface area contributed by atoms with E-state index >= 15 is 0 Å². The van der Waals surface area contributed by atoms with Crippen LogP contribution in [0.15, 0.2) is 18.2 Å². The number of nitrogens with zero attached hydrogens (tertiary/aromatic N) is 2. The summed E-state index contributed by atoms with van der Waals surface area (Å²) in [6.45, 7) is 6.62. The van der Waals surface area contributed by atoms with Gasteiger partial charge in [0.2, 0.25) is 5.95 Å². The van der Waals surface area contributed by atoms with Crippen LogP contribution in [-0.4, -0.2) is 16.7 Å². The van der Waals surface area contributed by atoms with E-state index in [-0.39, 0.29) is 5.54 Å². The number of nitrogen functional groups attached to an aromatic ring is 1. The van der Waals surface area contributed by atoms with Gasteiger partial charge in [-0.3, -0.25) is 0 Å². The van der Waals surface area contributed by atoms with E-state index in [2.05, 4.69) is 30.3 Å². The number of rotatable bonds is 5. The summed E-state index contributed by atoms with van der Waals surface area (Å²) >= 11 is 0. The highest BCUT2D eigenvalue weighted by Gasteiger charge is 2.30. The largest absolute Gasteiger partial charge is 0.497 e. The molecule has 1 heterocycles. The molecule has 0 fully saturated rings. The molecule has 0 amide bonds. The van der Waals surface area contributed by atoms with Gasteiger partial charge in [0.15, 0.2) is 0 Å². The number of nitrogens with two attached hydrogens (primary N) is 1. The Bertz CT molecular complexity index is 562. The molecule has 0 saturated heterocycles. The first-order valence-electron chi connectivity index (χ1n) is 6.94. The number of benzene rings is 1. The van der Waals surface area contributed by atoms with Gasteiger partial charge in [-0.15, -0.1) is 0 Å². The predicted octanol–water partition coefficient (Wildman–Crippen LogP) is 3.55. The molecule has 2 aromatic rings. The van der Waals surface area contributed by atoms with Gasteiger partial charge in [0.05, 0.1) is 18.1 Å². The average molecular weight is 261 g/mol. The zero-order valence-corrected chi connectivity index (χ0v) is 12.2. The Hall–Kier alpha value is -1.71. The molecule has 0 saturated carbocycles. The zero-order chi connectivity index (χ0) is 14.0. The normalized spacial score (nSPS) is 12.0. The van der Waals surface area contributed by atoms with Crippen LogP contribution in [0.1, 0.15) is 40.0 Å². The van der Waals surface area contributed by atoms with Crippen LogP contribution < -0.4 is 10.5 Å². The van der Waals surface area contributed by atoms with Crippen LogP contribution in [0.5, 0.6) is 5.75 Å². The molecule has 0 aliphatic heterocycles. The molecular weight excluding hydrogens is 238 g/mol. The van der Waals surface area contributed by atoms with Crippen LogP contribution in [0.3, 0.4) is 0 Å². The maximum absolute atomic E-state index is 6.17. The van der Waals surface area contributed by atoms with Gasteiger partial charge in [0.1, 0.15) is 5.75 Å². The number of hydrogen-bond acceptors (Lipinski definition) is 3. The summed E-state index contributed by atoms with van der Waals surface area (Å²) < 4.78 is 7.50. The summed E-state index contributed by atoms with van der Waals surface area (Å²) in [5.41, 5.74) is 8.19. The molecular formula is C15H23N3O. The summed E-state index contributed by atoms with van der Waals surface area (Å²) in [6, 6.07) is 5.91. The van der Waals surface area contributed by atoms with Crippen LogP contribution in [0.4, 0.5) is 5.95 Å². The smallest absolute Gasteiger partial charge is 0.201 e. The Morgan fingerprint density at radius 2 is 1.84 bits per heavy atom. The summed E-state index contributed by atoms with van der Waals surface area (Å²) in [6.07, 6.45) is 3.10. The lowest BCUT2D eigenvalue weighted by Crippen LogP contribution is -2.32. The van der Waals surface area contributed by atoms with Gasteiger partial charge in [-0.1, -0.05) is 20.8 Å². The van der Waals surface area contributed by atoms with Crippen LogP contribution in [0, 0.1) is 0 Å². The van der Waals surface area contributed by atoms with Gasteiger partial charge in [-0.2, -0.15) is 0 Å². The van der Waals surface area contributed by atoms with E-state index in [1.54, 1.807) is 7.11 Å². The number of aromatic nitrogens is 2. The van der Waals surface area contributed by atoms with Gasteiger partial charge in [-0.25, -0.2) is 4.98 Å². The topological polar surface area (TPSA) is 53.1 Å². The Balaban J connectivity index is 2.73. The lowest BCUT2D eigenvalue weighted by Gasteiger charge is -2.33. The maximum atomic E-state index is 6.17. The molecule has 0 radical (unpaired) electrons. The minimum absolute atomic E-state index is 0.0329. The van der Waals surface area contributed by atoms with E-state index < -0.39 is 0 Å². The maximum Gasteiger partial charge on any atom is 0.201 e. The van der Waals surface area contributed by atoms with Gasteiger partial charge in [0, 0.05) is 11.6 Å².